The normalized spacial score (nSPS) is 13.8. The van der Waals surface area contributed by atoms with Crippen molar-refractivity contribution in [3.05, 3.63) is 0 Å². The molecule has 0 aliphatic rings. The standard InChI is InChI=1S/C10H23NO/c1-9(2)7-10(8-11-3)5-6-12-4/h9-11H,5-8H2,1-4H3. The molecule has 0 amide bonds. The molecule has 0 aliphatic heterocycles. The van der Waals surface area contributed by atoms with Gasteiger partial charge in [0.15, 0.2) is 0 Å². The van der Waals surface area contributed by atoms with Crippen molar-refractivity contribution in [2.45, 2.75) is 26.7 Å². The summed E-state index contributed by atoms with van der Waals surface area (Å²) in [5, 5.41) is 3.23. The van der Waals surface area contributed by atoms with E-state index in [2.05, 4.69) is 19.2 Å². The van der Waals surface area contributed by atoms with Gasteiger partial charge in [-0.15, -0.1) is 0 Å². The first-order chi connectivity index (χ1) is 5.70. The quantitative estimate of drug-likeness (QED) is 0.635. The summed E-state index contributed by atoms with van der Waals surface area (Å²) in [4.78, 5) is 0. The Morgan fingerprint density at radius 2 is 2.00 bits per heavy atom. The van der Waals surface area contributed by atoms with E-state index in [1.54, 1.807) is 7.11 Å². The summed E-state index contributed by atoms with van der Waals surface area (Å²) < 4.78 is 5.07. The van der Waals surface area contributed by atoms with Gasteiger partial charge in [0.1, 0.15) is 0 Å². The zero-order valence-electron chi connectivity index (χ0n) is 8.89. The highest BCUT2D eigenvalue weighted by Crippen LogP contribution is 2.14. The van der Waals surface area contributed by atoms with Gasteiger partial charge in [-0.1, -0.05) is 13.8 Å². The van der Waals surface area contributed by atoms with Crippen LogP contribution in [0.4, 0.5) is 0 Å². The Hall–Kier alpha value is -0.0800. The minimum Gasteiger partial charge on any atom is -0.385 e. The van der Waals surface area contributed by atoms with Crippen LogP contribution in [-0.4, -0.2) is 27.3 Å². The molecule has 74 valence electrons. The topological polar surface area (TPSA) is 21.3 Å². The second kappa shape index (κ2) is 7.56. The first kappa shape index (κ1) is 11.9. The molecule has 0 aromatic heterocycles. The molecule has 0 aliphatic carbocycles. The fourth-order valence-electron chi connectivity index (χ4n) is 1.54. The lowest BCUT2D eigenvalue weighted by Gasteiger charge is -2.17. The third-order valence-electron chi connectivity index (χ3n) is 2.03. The van der Waals surface area contributed by atoms with Gasteiger partial charge in [0, 0.05) is 13.7 Å². The van der Waals surface area contributed by atoms with Crippen LogP contribution in [-0.2, 0) is 4.74 Å². The molecule has 0 saturated heterocycles. The molecule has 12 heavy (non-hydrogen) atoms. The Morgan fingerprint density at radius 1 is 1.33 bits per heavy atom. The average molecular weight is 173 g/mol. The van der Waals surface area contributed by atoms with E-state index < -0.39 is 0 Å². The fraction of sp³-hybridized carbons (Fsp3) is 1.00. The lowest BCUT2D eigenvalue weighted by molar-refractivity contribution is 0.171. The summed E-state index contributed by atoms with van der Waals surface area (Å²) in [6.45, 7) is 6.55. The van der Waals surface area contributed by atoms with Crippen molar-refractivity contribution in [2.24, 2.45) is 11.8 Å². The molecule has 0 rings (SSSR count). The van der Waals surface area contributed by atoms with E-state index in [0.29, 0.717) is 0 Å². The van der Waals surface area contributed by atoms with E-state index >= 15 is 0 Å². The summed E-state index contributed by atoms with van der Waals surface area (Å²) in [6, 6.07) is 0. The molecule has 0 aromatic rings. The molecule has 0 radical (unpaired) electrons. The molecule has 1 N–H and O–H groups in total. The van der Waals surface area contributed by atoms with Gasteiger partial charge in [-0.3, -0.25) is 0 Å². The van der Waals surface area contributed by atoms with Gasteiger partial charge in [0.05, 0.1) is 0 Å². The lowest BCUT2D eigenvalue weighted by atomic mass is 9.94. The van der Waals surface area contributed by atoms with Crippen LogP contribution < -0.4 is 5.32 Å². The van der Waals surface area contributed by atoms with E-state index in [0.717, 1.165) is 25.0 Å². The van der Waals surface area contributed by atoms with Gasteiger partial charge in [0.25, 0.3) is 0 Å². The number of methoxy groups -OCH3 is 1. The van der Waals surface area contributed by atoms with E-state index in [4.69, 9.17) is 4.74 Å². The number of hydrogen-bond acceptors (Lipinski definition) is 2. The Bertz CT molecular complexity index is 93.8. The Kier molecular flexibility index (Phi) is 7.51. The van der Waals surface area contributed by atoms with Crippen molar-refractivity contribution in [3.63, 3.8) is 0 Å². The molecular formula is C10H23NO. The monoisotopic (exact) mass is 173 g/mol. The number of hydrogen-bond donors (Lipinski definition) is 1. The van der Waals surface area contributed by atoms with Crippen LogP contribution in [0.1, 0.15) is 26.7 Å². The lowest BCUT2D eigenvalue weighted by Crippen LogP contribution is -2.21. The third-order valence-corrected chi connectivity index (χ3v) is 2.03. The van der Waals surface area contributed by atoms with E-state index in [-0.39, 0.29) is 0 Å². The average Bonchev–Trinajstić information content (AvgIpc) is 2.00. The molecule has 2 heteroatoms. The third kappa shape index (κ3) is 6.62. The molecule has 0 spiro atoms. The van der Waals surface area contributed by atoms with Crippen molar-refractivity contribution >= 4 is 0 Å². The molecule has 1 unspecified atom stereocenters. The first-order valence-electron chi connectivity index (χ1n) is 4.84. The Balaban J connectivity index is 3.54. The smallest absolute Gasteiger partial charge is 0.0465 e. The summed E-state index contributed by atoms with van der Waals surface area (Å²) in [6.07, 6.45) is 2.47. The van der Waals surface area contributed by atoms with Crippen LogP contribution in [0, 0.1) is 11.8 Å². The van der Waals surface area contributed by atoms with Crippen LogP contribution in [0.25, 0.3) is 0 Å². The molecule has 0 fully saturated rings. The van der Waals surface area contributed by atoms with Crippen LogP contribution in [0.5, 0.6) is 0 Å². The number of rotatable bonds is 7. The molecular weight excluding hydrogens is 150 g/mol. The molecule has 0 bridgehead atoms. The van der Waals surface area contributed by atoms with Crippen LogP contribution >= 0.6 is 0 Å². The largest absolute Gasteiger partial charge is 0.385 e. The van der Waals surface area contributed by atoms with Crippen molar-refractivity contribution < 1.29 is 4.74 Å². The minimum absolute atomic E-state index is 0.773. The second-order valence-electron chi connectivity index (χ2n) is 3.83. The molecule has 2 nitrogen and oxygen atoms in total. The second-order valence-corrected chi connectivity index (χ2v) is 3.83. The maximum atomic E-state index is 5.07. The van der Waals surface area contributed by atoms with Gasteiger partial charge < -0.3 is 10.1 Å². The van der Waals surface area contributed by atoms with Gasteiger partial charge >= 0.3 is 0 Å². The summed E-state index contributed by atoms with van der Waals surface area (Å²) in [7, 11) is 3.78. The predicted octanol–water partition coefficient (Wildman–Crippen LogP) is 1.90. The maximum Gasteiger partial charge on any atom is 0.0465 e. The highest BCUT2D eigenvalue weighted by molar-refractivity contribution is 4.63. The highest BCUT2D eigenvalue weighted by Gasteiger charge is 2.09. The molecule has 1 atom stereocenters. The molecule has 0 heterocycles. The van der Waals surface area contributed by atoms with Crippen LogP contribution in [0.3, 0.4) is 0 Å². The van der Waals surface area contributed by atoms with E-state index in [1.807, 2.05) is 7.05 Å². The first-order valence-corrected chi connectivity index (χ1v) is 4.84. The number of ether oxygens (including phenoxy) is 1. The van der Waals surface area contributed by atoms with Crippen molar-refractivity contribution in [2.75, 3.05) is 27.3 Å². The minimum atomic E-state index is 0.773. The summed E-state index contributed by atoms with van der Waals surface area (Å²) >= 11 is 0. The summed E-state index contributed by atoms with van der Waals surface area (Å²) in [5.41, 5.74) is 0. The van der Waals surface area contributed by atoms with Crippen molar-refractivity contribution in [3.8, 4) is 0 Å². The van der Waals surface area contributed by atoms with E-state index in [9.17, 15) is 0 Å². The zero-order valence-corrected chi connectivity index (χ0v) is 8.89. The van der Waals surface area contributed by atoms with Crippen molar-refractivity contribution in [1.82, 2.24) is 5.32 Å². The van der Waals surface area contributed by atoms with Gasteiger partial charge in [0.2, 0.25) is 0 Å². The zero-order chi connectivity index (χ0) is 9.40. The van der Waals surface area contributed by atoms with Gasteiger partial charge in [-0.2, -0.15) is 0 Å². The van der Waals surface area contributed by atoms with E-state index in [1.165, 1.54) is 12.8 Å². The highest BCUT2D eigenvalue weighted by atomic mass is 16.5. The predicted molar refractivity (Wildman–Crippen MR) is 53.4 cm³/mol. The Labute approximate surface area is 76.7 Å². The molecule has 0 saturated carbocycles. The van der Waals surface area contributed by atoms with Crippen molar-refractivity contribution in [1.29, 1.82) is 0 Å². The van der Waals surface area contributed by atoms with Gasteiger partial charge in [-0.05, 0) is 38.3 Å². The van der Waals surface area contributed by atoms with Gasteiger partial charge in [-0.25, -0.2) is 0 Å². The maximum absolute atomic E-state index is 5.07. The number of nitrogens with one attached hydrogen (secondary N) is 1. The Morgan fingerprint density at radius 3 is 2.42 bits per heavy atom. The van der Waals surface area contributed by atoms with Crippen LogP contribution in [0.15, 0.2) is 0 Å². The SMILES string of the molecule is CNCC(CCOC)CC(C)C. The molecule has 0 aromatic carbocycles. The summed E-state index contributed by atoms with van der Waals surface area (Å²) in [5.74, 6) is 1.56. The fourth-order valence-corrected chi connectivity index (χ4v) is 1.54. The van der Waals surface area contributed by atoms with Crippen LogP contribution in [0.2, 0.25) is 0 Å².